The second-order valence-electron chi connectivity index (χ2n) is 18.4. The molecule has 12 aromatic rings. The van der Waals surface area contributed by atoms with Crippen molar-refractivity contribution in [2.45, 2.75) is 5.41 Å². The molecule has 14 rings (SSSR count). The van der Waals surface area contributed by atoms with Crippen molar-refractivity contribution in [3.05, 3.63) is 295 Å². The maximum absolute atomic E-state index is 6.71. The second kappa shape index (κ2) is 17.1. The van der Waals surface area contributed by atoms with Crippen molar-refractivity contribution in [3.8, 4) is 22.6 Å². The first-order valence-electron chi connectivity index (χ1n) is 24.5. The molecule has 2 heterocycles. The Labute approximate surface area is 423 Å². The lowest BCUT2D eigenvalue weighted by Gasteiger charge is -2.39. The Hall–Kier alpha value is -9.16. The summed E-state index contributed by atoms with van der Waals surface area (Å²) in [6, 6.07) is 98.8. The molecule has 11 aromatic carbocycles. The van der Waals surface area contributed by atoms with Crippen LogP contribution in [-0.2, 0) is 5.41 Å². The lowest BCUT2D eigenvalue weighted by Crippen LogP contribution is -2.32. The first-order chi connectivity index (χ1) is 35.7. The predicted molar refractivity (Wildman–Crippen MR) is 301 cm³/mol. The Morgan fingerprint density at radius 1 is 0.292 bits per heavy atom. The maximum Gasteiger partial charge on any atom is 0.132 e. The monoisotopic (exact) mass is 939 g/mol. The van der Waals surface area contributed by atoms with Gasteiger partial charge < -0.3 is 19.4 Å². The third-order valence-corrected chi connectivity index (χ3v) is 15.6. The molecule has 72 heavy (non-hydrogen) atoms. The van der Waals surface area contributed by atoms with Crippen molar-refractivity contribution in [1.82, 2.24) is 0 Å². The Morgan fingerprint density at radius 2 is 0.708 bits per heavy atom. The summed E-state index contributed by atoms with van der Waals surface area (Å²) in [5.74, 6) is 1.77. The van der Waals surface area contributed by atoms with Gasteiger partial charge in [-0.3, -0.25) is 0 Å². The van der Waals surface area contributed by atoms with Gasteiger partial charge in [0.2, 0.25) is 0 Å². The van der Waals surface area contributed by atoms with Gasteiger partial charge in [0.25, 0.3) is 0 Å². The fraction of sp³-hybridized carbons (Fsp3) is 0.0149. The highest BCUT2D eigenvalue weighted by Gasteiger charge is 2.51. The number of para-hydroxylation sites is 7. The Bertz CT molecular complexity index is 3850. The molecule has 0 atom stereocenters. The zero-order chi connectivity index (χ0) is 47.6. The van der Waals surface area contributed by atoms with Crippen molar-refractivity contribution >= 4 is 82.7 Å². The van der Waals surface area contributed by atoms with E-state index in [1.807, 2.05) is 11.3 Å². The Kier molecular flexibility index (Phi) is 9.90. The molecule has 0 amide bonds. The second-order valence-corrected chi connectivity index (χ2v) is 19.5. The van der Waals surface area contributed by atoms with Crippen molar-refractivity contribution < 1.29 is 4.74 Å². The molecule has 1 aromatic heterocycles. The molecule has 0 N–H and O–H groups in total. The number of hydrogen-bond acceptors (Lipinski definition) is 5. The van der Waals surface area contributed by atoms with Crippen LogP contribution in [0.4, 0.5) is 51.2 Å². The van der Waals surface area contributed by atoms with Crippen LogP contribution in [0.3, 0.4) is 0 Å². The van der Waals surface area contributed by atoms with E-state index in [1.165, 1.54) is 42.4 Å². The molecule has 0 saturated heterocycles. The summed E-state index contributed by atoms with van der Waals surface area (Å²) in [5.41, 5.74) is 16.4. The molecule has 0 fully saturated rings. The van der Waals surface area contributed by atoms with Crippen LogP contribution in [0, 0.1) is 0 Å². The third kappa shape index (κ3) is 6.59. The van der Waals surface area contributed by atoms with Crippen LogP contribution in [-0.4, -0.2) is 0 Å². The fourth-order valence-electron chi connectivity index (χ4n) is 11.5. The van der Waals surface area contributed by atoms with Crippen molar-refractivity contribution in [3.63, 3.8) is 0 Å². The summed E-state index contributed by atoms with van der Waals surface area (Å²) < 4.78 is 9.13. The van der Waals surface area contributed by atoms with Crippen LogP contribution in [0.5, 0.6) is 11.5 Å². The number of rotatable bonds is 9. The predicted octanol–water partition coefficient (Wildman–Crippen LogP) is 18.9. The van der Waals surface area contributed by atoms with Gasteiger partial charge in [-0.05, 0) is 138 Å². The van der Waals surface area contributed by atoms with E-state index in [0.29, 0.717) is 0 Å². The molecule has 1 aliphatic carbocycles. The minimum absolute atomic E-state index is 0.594. The van der Waals surface area contributed by atoms with Gasteiger partial charge in [-0.25, -0.2) is 0 Å². The molecule has 2 aliphatic rings. The molecule has 1 aliphatic heterocycles. The Balaban J connectivity index is 1.02. The number of thiophene rings is 1. The minimum atomic E-state index is -0.594. The quantitative estimate of drug-likeness (QED) is 0.144. The van der Waals surface area contributed by atoms with Gasteiger partial charge in [0.1, 0.15) is 11.5 Å². The molecule has 340 valence electrons. The molecule has 0 radical (unpaired) electrons. The summed E-state index contributed by atoms with van der Waals surface area (Å²) in [6.07, 6.45) is 0. The van der Waals surface area contributed by atoms with Gasteiger partial charge in [-0.2, -0.15) is 0 Å². The number of nitrogens with zero attached hydrogens (tertiary/aromatic N) is 3. The van der Waals surface area contributed by atoms with Crippen LogP contribution in [0.15, 0.2) is 273 Å². The van der Waals surface area contributed by atoms with Crippen LogP contribution in [0.1, 0.15) is 22.3 Å². The highest BCUT2D eigenvalue weighted by molar-refractivity contribution is 7.26. The lowest BCUT2D eigenvalue weighted by molar-refractivity contribution is 0.436. The smallest absolute Gasteiger partial charge is 0.132 e. The number of anilines is 9. The van der Waals surface area contributed by atoms with Crippen LogP contribution < -0.4 is 19.4 Å². The summed E-state index contributed by atoms with van der Waals surface area (Å²) >= 11 is 1.85. The minimum Gasteiger partial charge on any atom is -0.457 e. The molecule has 4 nitrogen and oxygen atoms in total. The normalized spacial score (nSPS) is 12.7. The van der Waals surface area contributed by atoms with Gasteiger partial charge in [0.15, 0.2) is 0 Å². The fourth-order valence-corrected chi connectivity index (χ4v) is 12.6. The van der Waals surface area contributed by atoms with E-state index in [2.05, 4.69) is 288 Å². The van der Waals surface area contributed by atoms with Gasteiger partial charge in [0, 0.05) is 72.1 Å². The molecule has 0 saturated carbocycles. The molecule has 1 spiro atoms. The van der Waals surface area contributed by atoms with Crippen LogP contribution >= 0.6 is 11.3 Å². The van der Waals surface area contributed by atoms with Gasteiger partial charge in [-0.1, -0.05) is 158 Å². The Morgan fingerprint density at radius 3 is 1.26 bits per heavy atom. The van der Waals surface area contributed by atoms with Crippen molar-refractivity contribution in [2.24, 2.45) is 0 Å². The van der Waals surface area contributed by atoms with Crippen molar-refractivity contribution in [2.75, 3.05) is 14.7 Å². The first kappa shape index (κ1) is 41.8. The molecule has 5 heteroatoms. The zero-order valence-corrected chi connectivity index (χ0v) is 40.0. The summed E-state index contributed by atoms with van der Waals surface area (Å²) in [6.45, 7) is 0. The maximum atomic E-state index is 6.71. The zero-order valence-electron chi connectivity index (χ0n) is 39.1. The molecular formula is C67H45N3OS. The average Bonchev–Trinajstić information content (AvgIpc) is 3.96. The highest BCUT2D eigenvalue weighted by atomic mass is 32.1. The number of hydrogen-bond donors (Lipinski definition) is 0. The van der Waals surface area contributed by atoms with E-state index in [0.717, 1.165) is 73.8 Å². The summed E-state index contributed by atoms with van der Waals surface area (Å²) in [5, 5.41) is 2.38. The topological polar surface area (TPSA) is 19.0 Å². The summed E-state index contributed by atoms with van der Waals surface area (Å²) in [7, 11) is 0. The third-order valence-electron chi connectivity index (χ3n) is 14.4. The van der Waals surface area contributed by atoms with E-state index in [-0.39, 0.29) is 0 Å². The number of fused-ring (bicyclic) bond motifs is 12. The van der Waals surface area contributed by atoms with E-state index in [9.17, 15) is 0 Å². The van der Waals surface area contributed by atoms with Gasteiger partial charge >= 0.3 is 0 Å². The standard InChI is InChI=1S/C67H45N3OS/c1-6-22-46(23-7-1)68(47-24-8-2-9-25-47)53-43-57-56-42-51(39-41-65(56)72-66(57)62(45-53)70(49-28-12-4-13-29-49)50-30-14-5-15-31-50)69(48-26-10-3-11-27-48)52-38-40-55-54-32-16-17-33-58(54)67(61(55)44-52)59-34-18-20-36-63(59)71-64-37-21-19-35-60(64)67/h1-45H. The van der Waals surface area contributed by atoms with Crippen molar-refractivity contribution in [1.29, 1.82) is 0 Å². The lowest BCUT2D eigenvalue weighted by atomic mass is 9.66. The van der Waals surface area contributed by atoms with Gasteiger partial charge in [0.05, 0.1) is 15.8 Å². The van der Waals surface area contributed by atoms with E-state index >= 15 is 0 Å². The van der Waals surface area contributed by atoms with Crippen LogP contribution in [0.25, 0.3) is 31.3 Å². The molecular weight excluding hydrogens is 895 g/mol. The number of benzene rings is 11. The molecule has 0 bridgehead atoms. The van der Waals surface area contributed by atoms with E-state index in [1.54, 1.807) is 0 Å². The highest BCUT2D eigenvalue weighted by Crippen LogP contribution is 2.63. The summed E-state index contributed by atoms with van der Waals surface area (Å²) in [4.78, 5) is 7.23. The van der Waals surface area contributed by atoms with E-state index in [4.69, 9.17) is 4.74 Å². The van der Waals surface area contributed by atoms with E-state index < -0.39 is 5.41 Å². The van der Waals surface area contributed by atoms with Crippen LogP contribution in [0.2, 0.25) is 0 Å². The largest absolute Gasteiger partial charge is 0.457 e. The average molecular weight is 940 g/mol. The SMILES string of the molecule is c1ccc(N(c2ccc3c(c2)C2(c4ccccc4Oc4ccccc42)c2ccccc2-3)c2ccc3sc4c(N(c5ccccc5)c5ccccc5)cc(N(c5ccccc5)c5ccccc5)cc4c3c2)cc1. The number of ether oxygens (including phenoxy) is 1. The molecule has 0 unspecified atom stereocenters. The van der Waals surface area contributed by atoms with Gasteiger partial charge in [-0.15, -0.1) is 11.3 Å². The first-order valence-corrected chi connectivity index (χ1v) is 25.3.